The number of rotatable bonds is 3. The molecule has 3 aliphatic rings. The van der Waals surface area contributed by atoms with Crippen molar-refractivity contribution >= 4 is 11.8 Å². The Balaban J connectivity index is 1.44. The van der Waals surface area contributed by atoms with E-state index in [1.807, 2.05) is 21.9 Å². The van der Waals surface area contributed by atoms with Gasteiger partial charge in [0, 0.05) is 25.7 Å². The Morgan fingerprint density at radius 3 is 2.74 bits per heavy atom. The van der Waals surface area contributed by atoms with Crippen LogP contribution in [0.15, 0.2) is 24.3 Å². The van der Waals surface area contributed by atoms with Crippen molar-refractivity contribution in [2.45, 2.75) is 50.9 Å². The van der Waals surface area contributed by atoms with Gasteiger partial charge in [-0.1, -0.05) is 24.3 Å². The first-order chi connectivity index (χ1) is 11.1. The molecule has 4 rings (SSSR count). The number of nitrogens with zero attached hydrogens (tertiary/aromatic N) is 2. The lowest BCUT2D eigenvalue weighted by molar-refractivity contribution is -0.156. The molecule has 122 valence electrons. The van der Waals surface area contributed by atoms with E-state index in [1.54, 1.807) is 0 Å². The van der Waals surface area contributed by atoms with E-state index in [1.165, 1.54) is 11.1 Å². The van der Waals surface area contributed by atoms with Gasteiger partial charge < -0.3 is 15.1 Å². The van der Waals surface area contributed by atoms with Gasteiger partial charge in [-0.15, -0.1) is 0 Å². The van der Waals surface area contributed by atoms with E-state index in [4.69, 9.17) is 0 Å². The number of benzene rings is 1. The number of carbonyl (C=O) groups excluding carboxylic acids is 2. The van der Waals surface area contributed by atoms with Crippen LogP contribution in [0.1, 0.15) is 30.4 Å². The summed E-state index contributed by atoms with van der Waals surface area (Å²) < 4.78 is 0. The van der Waals surface area contributed by atoms with Crippen molar-refractivity contribution in [3.63, 3.8) is 0 Å². The molecule has 5 heteroatoms. The molecule has 0 aromatic heterocycles. The van der Waals surface area contributed by atoms with E-state index in [0.29, 0.717) is 6.54 Å². The van der Waals surface area contributed by atoms with Gasteiger partial charge in [0.1, 0.15) is 12.1 Å². The number of amides is 2. The molecule has 0 unspecified atom stereocenters. The molecular formula is C18H23N3O2. The van der Waals surface area contributed by atoms with E-state index in [0.717, 1.165) is 32.4 Å². The van der Waals surface area contributed by atoms with Gasteiger partial charge in [0.05, 0.1) is 0 Å². The highest BCUT2D eigenvalue weighted by molar-refractivity contribution is 5.98. The fourth-order valence-corrected chi connectivity index (χ4v) is 4.19. The van der Waals surface area contributed by atoms with Crippen LogP contribution in [0, 0.1) is 6.92 Å². The van der Waals surface area contributed by atoms with Crippen LogP contribution >= 0.6 is 0 Å². The van der Waals surface area contributed by atoms with Crippen molar-refractivity contribution in [3.05, 3.63) is 35.4 Å². The zero-order chi connectivity index (χ0) is 16.0. The van der Waals surface area contributed by atoms with Crippen LogP contribution in [-0.2, 0) is 16.1 Å². The van der Waals surface area contributed by atoms with Crippen LogP contribution in [0.4, 0.5) is 0 Å². The highest BCUT2D eigenvalue weighted by Gasteiger charge is 2.51. The lowest BCUT2D eigenvalue weighted by atomic mass is 10.1. The normalized spacial score (nSPS) is 29.9. The quantitative estimate of drug-likeness (QED) is 0.908. The summed E-state index contributed by atoms with van der Waals surface area (Å²) in [6, 6.07) is 8.09. The average Bonchev–Trinajstić information content (AvgIpc) is 3.19. The second-order valence-electron chi connectivity index (χ2n) is 6.94. The van der Waals surface area contributed by atoms with Crippen LogP contribution < -0.4 is 5.32 Å². The molecule has 1 aromatic carbocycles. The third kappa shape index (κ3) is 2.43. The second-order valence-corrected chi connectivity index (χ2v) is 6.94. The minimum absolute atomic E-state index is 0.160. The monoisotopic (exact) mass is 313 g/mol. The van der Waals surface area contributed by atoms with Gasteiger partial charge in [-0.25, -0.2) is 0 Å². The maximum absolute atomic E-state index is 12.6. The Hall–Kier alpha value is -1.88. The van der Waals surface area contributed by atoms with Crippen LogP contribution in [0.25, 0.3) is 0 Å². The van der Waals surface area contributed by atoms with Crippen LogP contribution in [0.5, 0.6) is 0 Å². The van der Waals surface area contributed by atoms with E-state index >= 15 is 0 Å². The van der Waals surface area contributed by atoms with E-state index in [2.05, 4.69) is 24.4 Å². The van der Waals surface area contributed by atoms with Gasteiger partial charge in [0.15, 0.2) is 0 Å². The van der Waals surface area contributed by atoms with E-state index < -0.39 is 0 Å². The van der Waals surface area contributed by atoms with Crippen LogP contribution in [0.2, 0.25) is 0 Å². The maximum Gasteiger partial charge on any atom is 0.246 e. The van der Waals surface area contributed by atoms with Crippen molar-refractivity contribution < 1.29 is 9.59 Å². The molecule has 0 bridgehead atoms. The summed E-state index contributed by atoms with van der Waals surface area (Å²) in [5.74, 6) is 0.319. The first-order valence-corrected chi connectivity index (χ1v) is 8.54. The molecule has 3 fully saturated rings. The van der Waals surface area contributed by atoms with E-state index in [9.17, 15) is 9.59 Å². The molecule has 0 spiro atoms. The fourth-order valence-electron chi connectivity index (χ4n) is 4.19. The number of piperazine rings is 1. The molecule has 0 radical (unpaired) electrons. The van der Waals surface area contributed by atoms with Crippen molar-refractivity contribution in [2.24, 2.45) is 0 Å². The standard InChI is InChI=1S/C18H23N3O2/c1-12-5-2-3-6-13(12)10-19-14-9-16-18(23)20-8-4-7-15(20)17(22)21(16)11-14/h2-3,5-6,14-16,19H,4,7-11H2,1H3/t14-,15+,16-/m0/s1. The van der Waals surface area contributed by atoms with Crippen molar-refractivity contribution in [1.82, 2.24) is 15.1 Å². The Bertz CT molecular complexity index is 615. The molecule has 3 atom stereocenters. The average molecular weight is 313 g/mol. The van der Waals surface area contributed by atoms with Gasteiger partial charge in [-0.05, 0) is 37.3 Å². The molecule has 0 aliphatic carbocycles. The third-order valence-corrected chi connectivity index (χ3v) is 5.53. The highest BCUT2D eigenvalue weighted by atomic mass is 16.2. The molecule has 3 saturated heterocycles. The van der Waals surface area contributed by atoms with Crippen molar-refractivity contribution in [1.29, 1.82) is 0 Å². The first-order valence-electron chi connectivity index (χ1n) is 8.54. The Morgan fingerprint density at radius 2 is 1.91 bits per heavy atom. The number of nitrogens with one attached hydrogen (secondary N) is 1. The topological polar surface area (TPSA) is 52.7 Å². The predicted molar refractivity (Wildman–Crippen MR) is 86.7 cm³/mol. The summed E-state index contributed by atoms with van der Waals surface area (Å²) in [6.45, 7) is 4.30. The van der Waals surface area contributed by atoms with Crippen LogP contribution in [-0.4, -0.2) is 52.8 Å². The molecule has 3 aliphatic heterocycles. The SMILES string of the molecule is Cc1ccccc1CN[C@H]1C[C@H]2C(=O)N3CCC[C@@H]3C(=O)N2C1. The Morgan fingerprint density at radius 1 is 1.13 bits per heavy atom. The maximum atomic E-state index is 12.6. The zero-order valence-corrected chi connectivity index (χ0v) is 13.5. The van der Waals surface area contributed by atoms with Gasteiger partial charge in [0.2, 0.25) is 11.8 Å². The molecule has 23 heavy (non-hydrogen) atoms. The predicted octanol–water partition coefficient (Wildman–Crippen LogP) is 1.06. The highest BCUT2D eigenvalue weighted by Crippen LogP contribution is 2.32. The fraction of sp³-hybridized carbons (Fsp3) is 0.556. The van der Waals surface area contributed by atoms with Gasteiger partial charge in [0.25, 0.3) is 0 Å². The zero-order valence-electron chi connectivity index (χ0n) is 13.5. The number of hydrogen-bond donors (Lipinski definition) is 1. The van der Waals surface area contributed by atoms with Gasteiger partial charge in [-0.2, -0.15) is 0 Å². The largest absolute Gasteiger partial charge is 0.329 e. The minimum Gasteiger partial charge on any atom is -0.329 e. The molecular weight excluding hydrogens is 290 g/mol. The second kappa shape index (κ2) is 5.64. The summed E-state index contributed by atoms with van der Waals surface area (Å²) in [6.07, 6.45) is 2.52. The molecule has 5 nitrogen and oxygen atoms in total. The lowest BCUT2D eigenvalue weighted by Gasteiger charge is -2.38. The van der Waals surface area contributed by atoms with Gasteiger partial charge >= 0.3 is 0 Å². The number of aryl methyl sites for hydroxylation is 1. The van der Waals surface area contributed by atoms with Crippen molar-refractivity contribution in [2.75, 3.05) is 13.1 Å². The number of carbonyl (C=O) groups is 2. The van der Waals surface area contributed by atoms with Crippen LogP contribution in [0.3, 0.4) is 0 Å². The first kappa shape index (κ1) is 14.7. The van der Waals surface area contributed by atoms with Gasteiger partial charge in [-0.3, -0.25) is 9.59 Å². The Kier molecular flexibility index (Phi) is 3.60. The molecule has 0 saturated carbocycles. The molecule has 3 heterocycles. The Labute approximate surface area is 136 Å². The number of hydrogen-bond acceptors (Lipinski definition) is 3. The molecule has 2 amide bonds. The lowest BCUT2D eigenvalue weighted by Crippen LogP contribution is -2.60. The van der Waals surface area contributed by atoms with E-state index in [-0.39, 0.29) is 29.9 Å². The molecule has 1 aromatic rings. The summed E-state index contributed by atoms with van der Waals surface area (Å²) in [5, 5.41) is 3.54. The minimum atomic E-state index is -0.244. The summed E-state index contributed by atoms with van der Waals surface area (Å²) >= 11 is 0. The summed E-state index contributed by atoms with van der Waals surface area (Å²) in [5.41, 5.74) is 2.54. The van der Waals surface area contributed by atoms with Crippen molar-refractivity contribution in [3.8, 4) is 0 Å². The number of fused-ring (bicyclic) bond motifs is 2. The molecule has 1 N–H and O–H groups in total. The summed E-state index contributed by atoms with van der Waals surface area (Å²) in [7, 11) is 0. The smallest absolute Gasteiger partial charge is 0.246 e. The third-order valence-electron chi connectivity index (χ3n) is 5.53. The summed E-state index contributed by atoms with van der Waals surface area (Å²) in [4.78, 5) is 28.9.